The van der Waals surface area contributed by atoms with Gasteiger partial charge in [-0.05, 0) is 50.6 Å². The zero-order chi connectivity index (χ0) is 13.0. The molecule has 1 saturated heterocycles. The van der Waals surface area contributed by atoms with Crippen LogP contribution in [0.25, 0.3) is 0 Å². The lowest BCUT2D eigenvalue weighted by atomic mass is 9.96. The van der Waals surface area contributed by atoms with E-state index in [4.69, 9.17) is 0 Å². The first-order valence-corrected chi connectivity index (χ1v) is 6.40. The summed E-state index contributed by atoms with van der Waals surface area (Å²) in [5, 5.41) is 3.17. The van der Waals surface area contributed by atoms with E-state index >= 15 is 0 Å². The van der Waals surface area contributed by atoms with Crippen molar-refractivity contribution in [3.63, 3.8) is 0 Å². The van der Waals surface area contributed by atoms with Crippen LogP contribution < -0.4 is 5.32 Å². The van der Waals surface area contributed by atoms with Crippen molar-refractivity contribution >= 4 is 5.91 Å². The van der Waals surface area contributed by atoms with E-state index in [0.717, 1.165) is 32.5 Å². The standard InChI is InChI=1S/C14H19FN2O/c1-16-10-11-5-7-17(8-6-11)14(18)12-3-2-4-13(15)9-12/h2-4,9,11,16H,5-8,10H2,1H3. The Morgan fingerprint density at radius 2 is 2.17 bits per heavy atom. The molecule has 0 spiro atoms. The maximum absolute atomic E-state index is 13.1. The molecular weight excluding hydrogens is 231 g/mol. The molecule has 0 bridgehead atoms. The summed E-state index contributed by atoms with van der Waals surface area (Å²) in [5.41, 5.74) is 0.446. The Bertz CT molecular complexity index is 414. The van der Waals surface area contributed by atoms with E-state index in [2.05, 4.69) is 5.32 Å². The van der Waals surface area contributed by atoms with Gasteiger partial charge in [-0.15, -0.1) is 0 Å². The molecular formula is C14H19FN2O. The topological polar surface area (TPSA) is 32.3 Å². The molecule has 1 aliphatic heterocycles. The SMILES string of the molecule is CNCC1CCN(C(=O)c2cccc(F)c2)CC1. The molecule has 0 atom stereocenters. The van der Waals surface area contributed by atoms with Crippen LogP contribution >= 0.6 is 0 Å². The van der Waals surface area contributed by atoms with E-state index < -0.39 is 0 Å². The number of nitrogens with one attached hydrogen (secondary N) is 1. The van der Waals surface area contributed by atoms with Crippen molar-refractivity contribution in [2.75, 3.05) is 26.7 Å². The summed E-state index contributed by atoms with van der Waals surface area (Å²) in [5.74, 6) is 0.231. The van der Waals surface area contributed by atoms with E-state index in [9.17, 15) is 9.18 Å². The Morgan fingerprint density at radius 1 is 1.44 bits per heavy atom. The Hall–Kier alpha value is -1.42. The average Bonchev–Trinajstić information content (AvgIpc) is 2.39. The quantitative estimate of drug-likeness (QED) is 0.888. The number of hydrogen-bond donors (Lipinski definition) is 1. The molecule has 1 aromatic rings. The third kappa shape index (κ3) is 3.07. The summed E-state index contributed by atoms with van der Waals surface area (Å²) < 4.78 is 13.1. The van der Waals surface area contributed by atoms with Gasteiger partial charge in [-0.2, -0.15) is 0 Å². The maximum Gasteiger partial charge on any atom is 0.253 e. The lowest BCUT2D eigenvalue weighted by molar-refractivity contribution is 0.0690. The zero-order valence-corrected chi connectivity index (χ0v) is 10.7. The molecule has 18 heavy (non-hydrogen) atoms. The van der Waals surface area contributed by atoms with Gasteiger partial charge in [-0.1, -0.05) is 6.07 Å². The number of benzene rings is 1. The van der Waals surface area contributed by atoms with Gasteiger partial charge in [0.25, 0.3) is 5.91 Å². The third-order valence-electron chi connectivity index (χ3n) is 3.47. The first-order chi connectivity index (χ1) is 8.70. The first kappa shape index (κ1) is 13.0. The molecule has 4 heteroatoms. The van der Waals surface area contributed by atoms with Gasteiger partial charge in [0.2, 0.25) is 0 Å². The highest BCUT2D eigenvalue weighted by Crippen LogP contribution is 2.18. The molecule has 1 amide bonds. The molecule has 0 saturated carbocycles. The molecule has 3 nitrogen and oxygen atoms in total. The van der Waals surface area contributed by atoms with E-state index in [-0.39, 0.29) is 11.7 Å². The van der Waals surface area contributed by atoms with Gasteiger partial charge in [-0.25, -0.2) is 4.39 Å². The average molecular weight is 250 g/mol. The van der Waals surface area contributed by atoms with E-state index in [1.807, 2.05) is 11.9 Å². The molecule has 0 aromatic heterocycles. The van der Waals surface area contributed by atoms with Crippen molar-refractivity contribution in [3.8, 4) is 0 Å². The van der Waals surface area contributed by atoms with Gasteiger partial charge in [0, 0.05) is 18.7 Å². The highest BCUT2D eigenvalue weighted by Gasteiger charge is 2.23. The fourth-order valence-electron chi connectivity index (χ4n) is 2.43. The number of nitrogens with zero attached hydrogens (tertiary/aromatic N) is 1. The van der Waals surface area contributed by atoms with Gasteiger partial charge in [0.15, 0.2) is 0 Å². The fraction of sp³-hybridized carbons (Fsp3) is 0.500. The Labute approximate surface area is 107 Å². The predicted molar refractivity (Wildman–Crippen MR) is 69.0 cm³/mol. The van der Waals surface area contributed by atoms with Crippen LogP contribution in [0.1, 0.15) is 23.2 Å². The summed E-state index contributed by atoms with van der Waals surface area (Å²) in [6.45, 7) is 2.53. The minimum absolute atomic E-state index is 0.0580. The monoisotopic (exact) mass is 250 g/mol. The normalized spacial score (nSPS) is 16.9. The number of piperidine rings is 1. The van der Waals surface area contributed by atoms with Crippen LogP contribution in [0.5, 0.6) is 0 Å². The van der Waals surface area contributed by atoms with Crippen molar-refractivity contribution in [2.45, 2.75) is 12.8 Å². The van der Waals surface area contributed by atoms with Crippen LogP contribution in [0.3, 0.4) is 0 Å². The predicted octanol–water partition coefficient (Wildman–Crippen LogP) is 1.90. The maximum atomic E-state index is 13.1. The van der Waals surface area contributed by atoms with Crippen molar-refractivity contribution in [2.24, 2.45) is 5.92 Å². The van der Waals surface area contributed by atoms with Crippen LogP contribution in [-0.2, 0) is 0 Å². The second-order valence-electron chi connectivity index (χ2n) is 4.80. The van der Waals surface area contributed by atoms with Crippen LogP contribution in [0.15, 0.2) is 24.3 Å². The number of likely N-dealkylation sites (tertiary alicyclic amines) is 1. The van der Waals surface area contributed by atoms with Gasteiger partial charge in [0.05, 0.1) is 0 Å². The molecule has 1 aromatic carbocycles. The first-order valence-electron chi connectivity index (χ1n) is 6.40. The van der Waals surface area contributed by atoms with Gasteiger partial charge < -0.3 is 10.2 Å². The number of carbonyl (C=O) groups excluding carboxylic acids is 1. The Morgan fingerprint density at radius 3 is 2.78 bits per heavy atom. The highest BCUT2D eigenvalue weighted by atomic mass is 19.1. The summed E-state index contributed by atoms with van der Waals surface area (Å²) in [7, 11) is 1.95. The summed E-state index contributed by atoms with van der Waals surface area (Å²) in [6.07, 6.45) is 2.03. The minimum atomic E-state index is -0.356. The number of amides is 1. The van der Waals surface area contributed by atoms with Crippen LogP contribution in [0, 0.1) is 11.7 Å². The Balaban J connectivity index is 1.95. The smallest absolute Gasteiger partial charge is 0.253 e. The van der Waals surface area contributed by atoms with Crippen LogP contribution in [0.4, 0.5) is 4.39 Å². The second-order valence-corrected chi connectivity index (χ2v) is 4.80. The van der Waals surface area contributed by atoms with Crippen molar-refractivity contribution in [3.05, 3.63) is 35.6 Å². The molecule has 98 valence electrons. The third-order valence-corrected chi connectivity index (χ3v) is 3.47. The largest absolute Gasteiger partial charge is 0.339 e. The number of rotatable bonds is 3. The summed E-state index contributed by atoms with van der Waals surface area (Å²) in [6, 6.07) is 5.92. The molecule has 1 heterocycles. The lowest BCUT2D eigenvalue weighted by Crippen LogP contribution is -2.40. The molecule has 1 N–H and O–H groups in total. The number of halogens is 1. The van der Waals surface area contributed by atoms with E-state index in [1.165, 1.54) is 12.1 Å². The number of hydrogen-bond acceptors (Lipinski definition) is 2. The molecule has 2 rings (SSSR count). The summed E-state index contributed by atoms with van der Waals surface area (Å²) in [4.78, 5) is 14.0. The summed E-state index contributed by atoms with van der Waals surface area (Å²) >= 11 is 0. The second kappa shape index (κ2) is 5.96. The van der Waals surface area contributed by atoms with E-state index in [1.54, 1.807) is 12.1 Å². The van der Waals surface area contributed by atoms with Crippen molar-refractivity contribution < 1.29 is 9.18 Å². The molecule has 0 unspecified atom stereocenters. The van der Waals surface area contributed by atoms with E-state index in [0.29, 0.717) is 11.5 Å². The number of carbonyl (C=O) groups is 1. The highest BCUT2D eigenvalue weighted by molar-refractivity contribution is 5.94. The lowest BCUT2D eigenvalue weighted by Gasteiger charge is -2.32. The molecule has 0 aliphatic carbocycles. The molecule has 0 radical (unpaired) electrons. The van der Waals surface area contributed by atoms with Gasteiger partial charge >= 0.3 is 0 Å². The Kier molecular flexibility index (Phi) is 4.31. The van der Waals surface area contributed by atoms with Gasteiger partial charge in [-0.3, -0.25) is 4.79 Å². The van der Waals surface area contributed by atoms with Gasteiger partial charge in [0.1, 0.15) is 5.82 Å². The van der Waals surface area contributed by atoms with Crippen molar-refractivity contribution in [1.82, 2.24) is 10.2 Å². The molecule has 1 aliphatic rings. The van der Waals surface area contributed by atoms with Crippen LogP contribution in [0.2, 0.25) is 0 Å². The van der Waals surface area contributed by atoms with Crippen LogP contribution in [-0.4, -0.2) is 37.5 Å². The zero-order valence-electron chi connectivity index (χ0n) is 10.7. The van der Waals surface area contributed by atoms with Crippen molar-refractivity contribution in [1.29, 1.82) is 0 Å². The minimum Gasteiger partial charge on any atom is -0.339 e. The fourth-order valence-corrected chi connectivity index (χ4v) is 2.43. The molecule has 1 fully saturated rings.